The SMILES string of the molecule is C=CC[P+](C1CCCCC1)(C1CCCCC1)C1CCCCC1.[Cl][Pd][Cl]. The predicted octanol–water partition coefficient (Wildman–Crippen LogP) is 8.56. The van der Waals surface area contributed by atoms with Gasteiger partial charge in [0.1, 0.15) is 0 Å². The van der Waals surface area contributed by atoms with Crippen molar-refractivity contribution in [3.8, 4) is 0 Å². The minimum atomic E-state index is -0.840. The van der Waals surface area contributed by atoms with Crippen molar-refractivity contribution in [1.82, 2.24) is 0 Å². The van der Waals surface area contributed by atoms with Gasteiger partial charge in [-0.3, -0.25) is 0 Å². The zero-order valence-corrected chi connectivity index (χ0v) is 19.8. The van der Waals surface area contributed by atoms with Crippen molar-refractivity contribution in [3.05, 3.63) is 12.7 Å². The molecule has 3 rings (SSSR count). The van der Waals surface area contributed by atoms with E-state index in [1.807, 2.05) is 0 Å². The van der Waals surface area contributed by atoms with Gasteiger partial charge in [-0.1, -0.05) is 31.9 Å². The molecule has 3 aliphatic rings. The number of hydrogen-bond donors (Lipinski definition) is 0. The van der Waals surface area contributed by atoms with Crippen molar-refractivity contribution < 1.29 is 15.9 Å². The van der Waals surface area contributed by atoms with Gasteiger partial charge in [0, 0.05) is 7.26 Å². The predicted molar refractivity (Wildman–Crippen MR) is 114 cm³/mol. The van der Waals surface area contributed by atoms with Crippen LogP contribution in [0.5, 0.6) is 0 Å². The van der Waals surface area contributed by atoms with Crippen LogP contribution in [-0.2, 0) is 15.9 Å². The first-order chi connectivity index (χ1) is 12.3. The Labute approximate surface area is 173 Å². The van der Waals surface area contributed by atoms with Gasteiger partial charge >= 0.3 is 35.0 Å². The van der Waals surface area contributed by atoms with E-state index in [9.17, 15) is 0 Å². The van der Waals surface area contributed by atoms with E-state index in [0.29, 0.717) is 0 Å². The van der Waals surface area contributed by atoms with E-state index in [-0.39, 0.29) is 15.9 Å². The Hall–Kier alpha value is 1.41. The van der Waals surface area contributed by atoms with Gasteiger partial charge in [-0.05, 0) is 77.0 Å². The average Bonchev–Trinajstić information content (AvgIpc) is 2.69. The Kier molecular flexibility index (Phi) is 11.6. The van der Waals surface area contributed by atoms with E-state index >= 15 is 0 Å². The molecule has 4 heteroatoms. The maximum absolute atomic E-state index is 4.81. The van der Waals surface area contributed by atoms with Gasteiger partial charge in [0.05, 0.1) is 23.1 Å². The summed E-state index contributed by atoms with van der Waals surface area (Å²) in [6.07, 6.45) is 27.0. The van der Waals surface area contributed by atoms with Gasteiger partial charge in [0.25, 0.3) is 0 Å². The fourth-order valence-corrected chi connectivity index (χ4v) is 13.4. The summed E-state index contributed by atoms with van der Waals surface area (Å²) in [5.41, 5.74) is 3.39. The van der Waals surface area contributed by atoms with Crippen LogP contribution in [0.25, 0.3) is 0 Å². The third-order valence-electron chi connectivity index (χ3n) is 7.21. The van der Waals surface area contributed by atoms with Crippen molar-refractivity contribution in [1.29, 1.82) is 0 Å². The number of halogens is 2. The first-order valence-corrected chi connectivity index (χ1v) is 16.8. The van der Waals surface area contributed by atoms with Gasteiger partial charge < -0.3 is 0 Å². The van der Waals surface area contributed by atoms with Crippen LogP contribution >= 0.6 is 26.3 Å². The molecule has 0 nitrogen and oxygen atoms in total. The van der Waals surface area contributed by atoms with E-state index < -0.39 is 7.26 Å². The zero-order chi connectivity index (χ0) is 18.0. The van der Waals surface area contributed by atoms with Crippen LogP contribution in [0.3, 0.4) is 0 Å². The van der Waals surface area contributed by atoms with Crippen molar-refractivity contribution >= 4 is 26.3 Å². The van der Waals surface area contributed by atoms with Crippen molar-refractivity contribution in [3.63, 3.8) is 0 Å². The van der Waals surface area contributed by atoms with Crippen LogP contribution in [0.4, 0.5) is 0 Å². The molecule has 0 N–H and O–H groups in total. The second-order valence-electron chi connectivity index (χ2n) is 8.39. The number of allylic oxidation sites excluding steroid dienone is 1. The van der Waals surface area contributed by atoms with Crippen molar-refractivity contribution in [2.24, 2.45) is 0 Å². The first kappa shape index (κ1) is 22.7. The molecule has 3 saturated carbocycles. The molecule has 0 aliphatic heterocycles. The molecule has 0 aromatic heterocycles. The fraction of sp³-hybridized carbons (Fsp3) is 0.905. The Morgan fingerprint density at radius 2 is 0.960 bits per heavy atom. The Balaban J connectivity index is 0.000000701. The molecule has 0 unspecified atom stereocenters. The molecule has 0 heterocycles. The molecule has 3 fully saturated rings. The quantitative estimate of drug-likeness (QED) is 0.202. The van der Waals surface area contributed by atoms with E-state index in [1.165, 1.54) is 63.9 Å². The van der Waals surface area contributed by atoms with E-state index in [2.05, 4.69) is 12.7 Å². The Morgan fingerprint density at radius 3 is 1.20 bits per heavy atom. The molecule has 150 valence electrons. The average molecular weight is 499 g/mol. The fourth-order valence-electron chi connectivity index (χ4n) is 6.25. The van der Waals surface area contributed by atoms with Crippen LogP contribution < -0.4 is 0 Å². The first-order valence-electron chi connectivity index (χ1n) is 10.6. The summed E-state index contributed by atoms with van der Waals surface area (Å²) in [6, 6.07) is 0. The molecule has 0 spiro atoms. The van der Waals surface area contributed by atoms with E-state index in [4.69, 9.17) is 19.1 Å². The molecular weight excluding hydrogens is 461 g/mol. The summed E-state index contributed by atoms with van der Waals surface area (Å²) < 4.78 is 0. The third-order valence-corrected chi connectivity index (χ3v) is 13.7. The summed E-state index contributed by atoms with van der Waals surface area (Å²) in [7, 11) is 8.79. The van der Waals surface area contributed by atoms with E-state index in [1.54, 1.807) is 38.5 Å². The molecule has 0 amide bonds. The molecule has 25 heavy (non-hydrogen) atoms. The van der Waals surface area contributed by atoms with Gasteiger partial charge in [-0.2, -0.15) is 0 Å². The van der Waals surface area contributed by atoms with Crippen molar-refractivity contribution in [2.45, 2.75) is 113 Å². The van der Waals surface area contributed by atoms with Crippen LogP contribution in [-0.4, -0.2) is 23.1 Å². The second-order valence-corrected chi connectivity index (χ2v) is 15.3. The molecule has 0 bridgehead atoms. The van der Waals surface area contributed by atoms with Crippen LogP contribution in [0.15, 0.2) is 12.7 Å². The zero-order valence-electron chi connectivity index (χ0n) is 15.8. The van der Waals surface area contributed by atoms with Crippen LogP contribution in [0, 0.1) is 0 Å². The summed E-state index contributed by atoms with van der Waals surface area (Å²) in [5, 5.41) is 0. The molecule has 0 aromatic rings. The van der Waals surface area contributed by atoms with Crippen molar-refractivity contribution in [2.75, 3.05) is 6.16 Å². The summed E-state index contributed by atoms with van der Waals surface area (Å²) in [6.45, 7) is 4.26. The number of hydrogen-bond acceptors (Lipinski definition) is 0. The van der Waals surface area contributed by atoms with Gasteiger partial charge in [0.15, 0.2) is 0 Å². The third kappa shape index (κ3) is 6.20. The summed E-state index contributed by atoms with van der Waals surface area (Å²) in [5.74, 6) is 0. The second kappa shape index (κ2) is 12.8. The Morgan fingerprint density at radius 1 is 0.680 bits per heavy atom. The normalized spacial score (nSPS) is 24.6. The van der Waals surface area contributed by atoms with Crippen LogP contribution in [0.2, 0.25) is 0 Å². The molecular formula is C21H38Cl2PPd+. The molecule has 0 radical (unpaired) electrons. The Bertz CT molecular complexity index is 313. The van der Waals surface area contributed by atoms with Gasteiger partial charge in [-0.15, -0.1) is 0 Å². The molecule has 0 atom stereocenters. The standard InChI is InChI=1S/C21H38P.2ClH.Pd/c1-2-18-22(19-12-6-3-7-13-19,20-14-8-4-9-15-20)21-16-10-5-11-17-21;;;/h2,19-21H,1,3-18H2;2*1H;/q+1;;;+2/p-2. The van der Waals surface area contributed by atoms with Gasteiger partial charge in [0.2, 0.25) is 0 Å². The minimum absolute atomic E-state index is 0.106. The monoisotopic (exact) mass is 497 g/mol. The molecule has 3 aliphatic carbocycles. The molecule has 0 aromatic carbocycles. The maximum atomic E-state index is 4.81. The molecule has 0 saturated heterocycles. The van der Waals surface area contributed by atoms with Crippen LogP contribution in [0.1, 0.15) is 96.3 Å². The van der Waals surface area contributed by atoms with E-state index in [0.717, 1.165) is 17.0 Å². The summed E-state index contributed by atoms with van der Waals surface area (Å²) in [4.78, 5) is 0. The topological polar surface area (TPSA) is 0 Å². The summed E-state index contributed by atoms with van der Waals surface area (Å²) >= 11 is -0.106. The number of rotatable bonds is 5. The van der Waals surface area contributed by atoms with Gasteiger partial charge in [-0.25, -0.2) is 0 Å².